The van der Waals surface area contributed by atoms with Crippen molar-refractivity contribution >= 4 is 23.6 Å². The molecule has 1 aliphatic heterocycles. The van der Waals surface area contributed by atoms with Gasteiger partial charge in [-0.05, 0) is 79.6 Å². The quantitative estimate of drug-likeness (QED) is 0.744. The van der Waals surface area contributed by atoms with Gasteiger partial charge in [0.2, 0.25) is 5.91 Å². The van der Waals surface area contributed by atoms with Crippen LogP contribution in [0, 0.1) is 31.4 Å². The van der Waals surface area contributed by atoms with Gasteiger partial charge in [0.15, 0.2) is 0 Å². The Labute approximate surface area is 168 Å². The van der Waals surface area contributed by atoms with Gasteiger partial charge >= 0.3 is 5.97 Å². The first-order valence-electron chi connectivity index (χ1n) is 9.54. The molecule has 1 amide bonds. The van der Waals surface area contributed by atoms with Crippen LogP contribution >= 0.6 is 0 Å². The third-order valence-electron chi connectivity index (χ3n) is 5.23. The number of anilines is 1. The molecule has 0 unspecified atom stereocenters. The minimum absolute atomic E-state index is 0.0694. The standard InChI is InChI=1S/C23H23F2NO3/c1-14-10-16(5-8-21(27)28)11-15(2)22(14)26-9-3-4-18(23(26)29)12-17-6-7-19(24)13-20(17)25/h5-8,10-11,13,18H,3-4,9,12H2,1-2H3,(H,27,28)/b8-5+/t18-/m0/s1. The van der Waals surface area contributed by atoms with Crippen LogP contribution in [0.3, 0.4) is 0 Å². The summed E-state index contributed by atoms with van der Waals surface area (Å²) >= 11 is 0. The highest BCUT2D eigenvalue weighted by molar-refractivity contribution is 5.97. The van der Waals surface area contributed by atoms with Gasteiger partial charge in [-0.1, -0.05) is 6.07 Å². The molecule has 29 heavy (non-hydrogen) atoms. The first-order valence-corrected chi connectivity index (χ1v) is 9.54. The molecule has 0 aromatic heterocycles. The highest BCUT2D eigenvalue weighted by Crippen LogP contribution is 2.33. The summed E-state index contributed by atoms with van der Waals surface area (Å²) in [6.45, 7) is 4.35. The van der Waals surface area contributed by atoms with E-state index in [1.54, 1.807) is 4.90 Å². The summed E-state index contributed by atoms with van der Waals surface area (Å²) in [5, 5.41) is 8.80. The lowest BCUT2D eigenvalue weighted by molar-refractivity contribution is -0.131. The number of hydrogen-bond donors (Lipinski definition) is 1. The van der Waals surface area contributed by atoms with E-state index < -0.39 is 17.6 Å². The van der Waals surface area contributed by atoms with E-state index in [1.807, 2.05) is 26.0 Å². The molecule has 1 atom stereocenters. The Morgan fingerprint density at radius 1 is 1.21 bits per heavy atom. The predicted molar refractivity (Wildman–Crippen MR) is 108 cm³/mol. The summed E-state index contributed by atoms with van der Waals surface area (Å²) in [4.78, 5) is 25.6. The van der Waals surface area contributed by atoms with Crippen molar-refractivity contribution in [2.24, 2.45) is 5.92 Å². The molecule has 1 saturated heterocycles. The second kappa shape index (κ2) is 8.55. The summed E-state index contributed by atoms with van der Waals surface area (Å²) in [5.41, 5.74) is 3.65. The maximum absolute atomic E-state index is 14.0. The van der Waals surface area contributed by atoms with Gasteiger partial charge in [0.1, 0.15) is 11.6 Å². The van der Waals surface area contributed by atoms with Crippen LogP contribution in [0.25, 0.3) is 6.08 Å². The molecule has 4 nitrogen and oxygen atoms in total. The van der Waals surface area contributed by atoms with Crippen LogP contribution in [-0.2, 0) is 16.0 Å². The molecule has 0 aliphatic carbocycles. The maximum atomic E-state index is 14.0. The fourth-order valence-corrected chi connectivity index (χ4v) is 3.99. The molecule has 0 saturated carbocycles. The molecular formula is C23H23F2NO3. The average Bonchev–Trinajstić information content (AvgIpc) is 2.64. The number of rotatable bonds is 5. The molecule has 1 heterocycles. The van der Waals surface area contributed by atoms with Crippen molar-refractivity contribution < 1.29 is 23.5 Å². The molecule has 0 bridgehead atoms. The van der Waals surface area contributed by atoms with Crippen LogP contribution in [0.5, 0.6) is 0 Å². The zero-order chi connectivity index (χ0) is 21.1. The van der Waals surface area contributed by atoms with Gasteiger partial charge in [0, 0.05) is 30.3 Å². The number of carboxylic acids is 1. The first-order chi connectivity index (χ1) is 13.8. The van der Waals surface area contributed by atoms with E-state index in [2.05, 4.69) is 0 Å². The van der Waals surface area contributed by atoms with E-state index in [9.17, 15) is 18.4 Å². The lowest BCUT2D eigenvalue weighted by Crippen LogP contribution is -2.43. The monoisotopic (exact) mass is 399 g/mol. The molecular weight excluding hydrogens is 376 g/mol. The number of aryl methyl sites for hydroxylation is 2. The van der Waals surface area contributed by atoms with Crippen LogP contribution in [0.4, 0.5) is 14.5 Å². The van der Waals surface area contributed by atoms with Crippen LogP contribution < -0.4 is 4.90 Å². The fraction of sp³-hybridized carbons (Fsp3) is 0.304. The molecule has 1 N–H and O–H groups in total. The van der Waals surface area contributed by atoms with E-state index in [-0.39, 0.29) is 18.2 Å². The number of aliphatic carboxylic acids is 1. The number of benzene rings is 2. The van der Waals surface area contributed by atoms with Crippen LogP contribution in [0.15, 0.2) is 36.4 Å². The highest BCUT2D eigenvalue weighted by Gasteiger charge is 2.31. The SMILES string of the molecule is Cc1cc(/C=C/C(=O)O)cc(C)c1N1CCC[C@@H](Cc2ccc(F)cc2F)C1=O. The molecule has 0 radical (unpaired) electrons. The van der Waals surface area contributed by atoms with Gasteiger partial charge in [-0.15, -0.1) is 0 Å². The molecule has 6 heteroatoms. The number of hydrogen-bond acceptors (Lipinski definition) is 2. The summed E-state index contributed by atoms with van der Waals surface area (Å²) in [6, 6.07) is 7.15. The number of carbonyl (C=O) groups excluding carboxylic acids is 1. The third kappa shape index (κ3) is 4.70. The topological polar surface area (TPSA) is 57.6 Å². The molecule has 152 valence electrons. The molecule has 1 fully saturated rings. The van der Waals surface area contributed by atoms with Gasteiger partial charge in [0.25, 0.3) is 0 Å². The summed E-state index contributed by atoms with van der Waals surface area (Å²) in [6.07, 6.45) is 4.28. The molecule has 1 aliphatic rings. The molecule has 3 rings (SSSR count). The van der Waals surface area contributed by atoms with Gasteiger partial charge in [-0.2, -0.15) is 0 Å². The van der Waals surface area contributed by atoms with Crippen LogP contribution in [0.2, 0.25) is 0 Å². The van der Waals surface area contributed by atoms with Gasteiger partial charge in [0.05, 0.1) is 0 Å². The van der Waals surface area contributed by atoms with Crippen molar-refractivity contribution in [2.75, 3.05) is 11.4 Å². The lowest BCUT2D eigenvalue weighted by atomic mass is 9.89. The smallest absolute Gasteiger partial charge is 0.328 e. The average molecular weight is 399 g/mol. The largest absolute Gasteiger partial charge is 0.478 e. The number of carbonyl (C=O) groups is 2. The Balaban J connectivity index is 1.85. The zero-order valence-electron chi connectivity index (χ0n) is 16.4. The first kappa shape index (κ1) is 20.7. The number of piperidine rings is 1. The highest BCUT2D eigenvalue weighted by atomic mass is 19.1. The lowest BCUT2D eigenvalue weighted by Gasteiger charge is -2.34. The van der Waals surface area contributed by atoms with Crippen molar-refractivity contribution in [3.05, 3.63) is 70.3 Å². The number of halogens is 2. The molecule has 0 spiro atoms. The maximum Gasteiger partial charge on any atom is 0.328 e. The number of carboxylic acid groups (broad SMARTS) is 1. The van der Waals surface area contributed by atoms with Gasteiger partial charge < -0.3 is 10.0 Å². The van der Waals surface area contributed by atoms with E-state index in [1.165, 1.54) is 18.2 Å². The Hall–Kier alpha value is -3.02. The van der Waals surface area contributed by atoms with Crippen molar-refractivity contribution in [1.29, 1.82) is 0 Å². The Morgan fingerprint density at radius 3 is 2.52 bits per heavy atom. The number of amides is 1. The third-order valence-corrected chi connectivity index (χ3v) is 5.23. The minimum Gasteiger partial charge on any atom is -0.478 e. The second-order valence-electron chi connectivity index (χ2n) is 7.44. The fourth-order valence-electron chi connectivity index (χ4n) is 3.99. The molecule has 2 aromatic carbocycles. The van der Waals surface area contributed by atoms with Crippen LogP contribution in [-0.4, -0.2) is 23.5 Å². The summed E-state index contributed by atoms with van der Waals surface area (Å²) in [5.74, 6) is -2.72. The van der Waals surface area contributed by atoms with Crippen molar-refractivity contribution in [3.63, 3.8) is 0 Å². The second-order valence-corrected chi connectivity index (χ2v) is 7.44. The van der Waals surface area contributed by atoms with E-state index in [0.717, 1.165) is 40.9 Å². The predicted octanol–water partition coefficient (Wildman–Crippen LogP) is 4.67. The molecule has 2 aromatic rings. The summed E-state index contributed by atoms with van der Waals surface area (Å²) in [7, 11) is 0. The van der Waals surface area contributed by atoms with Crippen molar-refractivity contribution in [3.8, 4) is 0 Å². The Kier molecular flexibility index (Phi) is 6.11. The Bertz CT molecular complexity index is 961. The Morgan fingerprint density at radius 2 is 1.90 bits per heavy atom. The van der Waals surface area contributed by atoms with E-state index in [4.69, 9.17) is 5.11 Å². The van der Waals surface area contributed by atoms with Crippen LogP contribution in [0.1, 0.15) is 35.1 Å². The van der Waals surface area contributed by atoms with Crippen molar-refractivity contribution in [2.45, 2.75) is 33.1 Å². The summed E-state index contributed by atoms with van der Waals surface area (Å²) < 4.78 is 27.2. The van der Waals surface area contributed by atoms with Gasteiger partial charge in [-0.3, -0.25) is 4.79 Å². The minimum atomic E-state index is -1.02. The van der Waals surface area contributed by atoms with E-state index in [0.29, 0.717) is 18.5 Å². The normalized spacial score (nSPS) is 17.2. The number of nitrogens with zero attached hydrogens (tertiary/aromatic N) is 1. The van der Waals surface area contributed by atoms with Gasteiger partial charge in [-0.25, -0.2) is 13.6 Å². The van der Waals surface area contributed by atoms with E-state index >= 15 is 0 Å². The van der Waals surface area contributed by atoms with Crippen molar-refractivity contribution in [1.82, 2.24) is 0 Å². The zero-order valence-corrected chi connectivity index (χ0v) is 16.4.